The van der Waals surface area contributed by atoms with Crippen LogP contribution in [0.25, 0.3) is 93.2 Å². The lowest BCUT2D eigenvalue weighted by Crippen LogP contribution is -2.04. The van der Waals surface area contributed by atoms with E-state index in [1.165, 1.54) is 55.6 Å². The number of aromatic nitrogens is 2. The van der Waals surface area contributed by atoms with Gasteiger partial charge in [-0.15, -0.1) is 0 Å². The molecular weight excluding hydrogens is 741 g/mol. The highest BCUT2D eigenvalue weighted by Gasteiger charge is 2.23. The maximum Gasteiger partial charge on any atom is 0.197 e. The van der Waals surface area contributed by atoms with E-state index in [2.05, 4.69) is 189 Å². The van der Waals surface area contributed by atoms with Crippen LogP contribution in [-0.2, 0) is 0 Å². The van der Waals surface area contributed by atoms with Gasteiger partial charge in [0.2, 0.25) is 0 Å². The predicted octanol–water partition coefficient (Wildman–Crippen LogP) is 15.5. The van der Waals surface area contributed by atoms with Crippen LogP contribution in [0.3, 0.4) is 0 Å². The molecule has 0 bridgehead atoms. The zero-order valence-corrected chi connectivity index (χ0v) is 35.6. The summed E-state index contributed by atoms with van der Waals surface area (Å²) in [5, 5.41) is 14.7. The number of nitrogens with zero attached hydrogens (tertiary/aromatic N) is 4. The lowest BCUT2D eigenvalue weighted by Gasteiger charge is -2.20. The molecular formula is C57H44N4. The molecule has 2 aromatic heterocycles. The van der Waals surface area contributed by atoms with Crippen LogP contribution in [0.1, 0.15) is 44.5 Å². The van der Waals surface area contributed by atoms with E-state index < -0.39 is 0 Å². The highest BCUT2D eigenvalue weighted by Crippen LogP contribution is 2.45. The minimum Gasteiger partial charge on any atom is -0.308 e. The standard InChI is InChI=1S/C57H44N4/c1-33-21-36(4)56(37(5)22-33)41-17-19-52-47(28-41)44-13-9-11-15-50(44)60(52)54-30-46(43-26-35(3)25-40(27-43)32-58)49(59-8)31-55(54)61-51-16-12-10-14-45(51)48-29-42(18-20-53(48)61)57-38(6)23-34(2)24-39(57)7/h9-31H,1-7H3. The summed E-state index contributed by atoms with van der Waals surface area (Å²) in [5.41, 5.74) is 22.3. The summed E-state index contributed by atoms with van der Waals surface area (Å²) in [6.45, 7) is 23.8. The Morgan fingerprint density at radius 2 is 0.885 bits per heavy atom. The number of aryl methyl sites for hydroxylation is 7. The second kappa shape index (κ2) is 14.3. The van der Waals surface area contributed by atoms with Gasteiger partial charge in [0.25, 0.3) is 0 Å². The topological polar surface area (TPSA) is 38.0 Å². The van der Waals surface area contributed by atoms with Gasteiger partial charge < -0.3 is 9.13 Å². The molecule has 0 N–H and O–H groups in total. The van der Waals surface area contributed by atoms with Gasteiger partial charge >= 0.3 is 0 Å². The summed E-state index contributed by atoms with van der Waals surface area (Å²) in [6, 6.07) is 52.5. The fourth-order valence-electron chi connectivity index (χ4n) is 10.3. The van der Waals surface area contributed by atoms with E-state index in [0.29, 0.717) is 11.3 Å². The lowest BCUT2D eigenvalue weighted by atomic mass is 9.93. The first-order valence-electron chi connectivity index (χ1n) is 20.8. The van der Waals surface area contributed by atoms with Crippen molar-refractivity contribution in [3.05, 3.63) is 195 Å². The Labute approximate surface area is 357 Å². The molecule has 0 saturated carbocycles. The van der Waals surface area contributed by atoms with Crippen LogP contribution in [0.4, 0.5) is 5.69 Å². The van der Waals surface area contributed by atoms with Crippen LogP contribution >= 0.6 is 0 Å². The molecule has 2 heterocycles. The van der Waals surface area contributed by atoms with Gasteiger partial charge in [0.15, 0.2) is 5.69 Å². The highest BCUT2D eigenvalue weighted by molar-refractivity contribution is 6.13. The summed E-state index contributed by atoms with van der Waals surface area (Å²) >= 11 is 0. The summed E-state index contributed by atoms with van der Waals surface area (Å²) in [6.07, 6.45) is 0. The Morgan fingerprint density at radius 1 is 0.443 bits per heavy atom. The molecule has 0 unspecified atom stereocenters. The molecule has 0 amide bonds. The minimum absolute atomic E-state index is 0.523. The van der Waals surface area contributed by atoms with Crippen molar-refractivity contribution in [2.45, 2.75) is 48.5 Å². The molecule has 4 heteroatoms. The van der Waals surface area contributed by atoms with Crippen LogP contribution < -0.4 is 0 Å². The molecule has 0 aliphatic carbocycles. The van der Waals surface area contributed by atoms with Gasteiger partial charge in [0, 0.05) is 21.5 Å². The maximum absolute atomic E-state index is 10.0. The number of hydrogen-bond acceptors (Lipinski definition) is 1. The van der Waals surface area contributed by atoms with Crippen LogP contribution in [-0.4, -0.2) is 9.13 Å². The van der Waals surface area contributed by atoms with E-state index >= 15 is 0 Å². The fraction of sp³-hybridized carbons (Fsp3) is 0.123. The molecule has 10 aromatic rings. The van der Waals surface area contributed by atoms with Crippen molar-refractivity contribution in [2.24, 2.45) is 0 Å². The van der Waals surface area contributed by atoms with Gasteiger partial charge in [-0.25, -0.2) is 4.85 Å². The van der Waals surface area contributed by atoms with E-state index in [0.717, 1.165) is 71.7 Å². The van der Waals surface area contributed by atoms with Crippen molar-refractivity contribution < 1.29 is 0 Å². The normalized spacial score (nSPS) is 11.5. The molecule has 61 heavy (non-hydrogen) atoms. The van der Waals surface area contributed by atoms with Gasteiger partial charge in [-0.05, 0) is 170 Å². The number of nitriles is 1. The van der Waals surface area contributed by atoms with E-state index in [4.69, 9.17) is 6.57 Å². The molecule has 0 aliphatic heterocycles. The Balaban J connectivity index is 1.32. The van der Waals surface area contributed by atoms with E-state index in [9.17, 15) is 5.26 Å². The number of benzene rings is 8. The number of hydrogen-bond donors (Lipinski definition) is 0. The van der Waals surface area contributed by atoms with Crippen LogP contribution in [0.15, 0.2) is 140 Å². The predicted molar refractivity (Wildman–Crippen MR) is 256 cm³/mol. The van der Waals surface area contributed by atoms with Crippen LogP contribution in [0, 0.1) is 66.4 Å². The van der Waals surface area contributed by atoms with Gasteiger partial charge in [0.05, 0.1) is 51.6 Å². The third-order valence-electron chi connectivity index (χ3n) is 12.5. The van der Waals surface area contributed by atoms with Gasteiger partial charge in [-0.3, -0.25) is 0 Å². The Bertz CT molecular complexity index is 3530. The van der Waals surface area contributed by atoms with Gasteiger partial charge in [0.1, 0.15) is 0 Å². The summed E-state index contributed by atoms with van der Waals surface area (Å²) in [4.78, 5) is 4.20. The molecule has 0 atom stereocenters. The number of rotatable bonds is 5. The van der Waals surface area contributed by atoms with Crippen molar-refractivity contribution in [3.8, 4) is 50.8 Å². The molecule has 10 rings (SSSR count). The maximum atomic E-state index is 10.0. The molecule has 0 spiro atoms. The number of para-hydroxylation sites is 2. The van der Waals surface area contributed by atoms with Crippen LogP contribution in [0.5, 0.6) is 0 Å². The van der Waals surface area contributed by atoms with E-state index in [1.54, 1.807) is 0 Å². The summed E-state index contributed by atoms with van der Waals surface area (Å²) < 4.78 is 4.73. The molecule has 8 aromatic carbocycles. The summed E-state index contributed by atoms with van der Waals surface area (Å²) in [5.74, 6) is 0. The molecule has 0 aliphatic rings. The first-order chi connectivity index (χ1) is 29.5. The second-order valence-electron chi connectivity index (χ2n) is 16.9. The van der Waals surface area contributed by atoms with Crippen molar-refractivity contribution >= 4 is 49.3 Å². The quantitative estimate of drug-likeness (QED) is 0.160. The van der Waals surface area contributed by atoms with E-state index in [1.807, 2.05) is 19.1 Å². The van der Waals surface area contributed by atoms with E-state index in [-0.39, 0.29) is 0 Å². The molecule has 0 fully saturated rings. The third kappa shape index (κ3) is 6.03. The SMILES string of the molecule is [C-]#[N+]c1cc(-n2c3ccccc3c3cc(-c4c(C)cc(C)cc4C)ccc32)c(-n2c3ccccc3c3cc(-c4c(C)cc(C)cc4C)ccc32)cc1-c1cc(C)cc(C#N)c1. The third-order valence-corrected chi connectivity index (χ3v) is 12.5. The smallest absolute Gasteiger partial charge is 0.197 e. The zero-order valence-electron chi connectivity index (χ0n) is 35.6. The summed E-state index contributed by atoms with van der Waals surface area (Å²) in [7, 11) is 0. The first kappa shape index (κ1) is 37.6. The van der Waals surface area contributed by atoms with Crippen LogP contribution in [0.2, 0.25) is 0 Å². The average molecular weight is 785 g/mol. The molecule has 292 valence electrons. The Kier molecular flexibility index (Phi) is 8.79. The van der Waals surface area contributed by atoms with Gasteiger partial charge in [-0.1, -0.05) is 90.0 Å². The van der Waals surface area contributed by atoms with Crippen molar-refractivity contribution in [1.82, 2.24) is 9.13 Å². The van der Waals surface area contributed by atoms with Gasteiger partial charge in [-0.2, -0.15) is 5.26 Å². The second-order valence-corrected chi connectivity index (χ2v) is 16.9. The zero-order chi connectivity index (χ0) is 42.3. The fourth-order valence-corrected chi connectivity index (χ4v) is 10.3. The first-order valence-corrected chi connectivity index (χ1v) is 20.8. The molecule has 0 saturated heterocycles. The van der Waals surface area contributed by atoms with Crippen molar-refractivity contribution in [2.75, 3.05) is 0 Å². The largest absolute Gasteiger partial charge is 0.308 e. The average Bonchev–Trinajstić information content (AvgIpc) is 3.74. The number of fused-ring (bicyclic) bond motifs is 6. The molecule has 4 nitrogen and oxygen atoms in total. The lowest BCUT2D eigenvalue weighted by molar-refractivity contribution is 1.10. The minimum atomic E-state index is 0.523. The van der Waals surface area contributed by atoms with Crippen molar-refractivity contribution in [1.29, 1.82) is 5.26 Å². The Hall–Kier alpha value is -7.66. The monoisotopic (exact) mass is 784 g/mol. The Morgan fingerprint density at radius 3 is 1.36 bits per heavy atom. The van der Waals surface area contributed by atoms with Crippen molar-refractivity contribution in [3.63, 3.8) is 0 Å². The highest BCUT2D eigenvalue weighted by atomic mass is 15.1. The molecule has 0 radical (unpaired) electrons.